The molecular formula is C12H19ClN2. The molecule has 0 N–H and O–H groups in total. The molecule has 1 fully saturated rings. The van der Waals surface area contributed by atoms with Crippen molar-refractivity contribution in [2.75, 3.05) is 0 Å². The van der Waals surface area contributed by atoms with Gasteiger partial charge in [-0.2, -0.15) is 5.10 Å². The molecule has 1 aliphatic carbocycles. The first-order valence-electron chi connectivity index (χ1n) is 5.87. The third kappa shape index (κ3) is 3.53. The van der Waals surface area contributed by atoms with Gasteiger partial charge in [0.2, 0.25) is 0 Å². The lowest BCUT2D eigenvalue weighted by atomic mass is 10.1. The quantitative estimate of drug-likeness (QED) is 0.538. The van der Waals surface area contributed by atoms with Gasteiger partial charge in [-0.15, -0.1) is 11.6 Å². The second kappa shape index (κ2) is 5.02. The summed E-state index contributed by atoms with van der Waals surface area (Å²) in [6.07, 6.45) is 11.6. The Morgan fingerprint density at radius 3 is 2.93 bits per heavy atom. The zero-order valence-corrected chi connectivity index (χ0v) is 10.1. The predicted molar refractivity (Wildman–Crippen MR) is 63.1 cm³/mol. The van der Waals surface area contributed by atoms with E-state index >= 15 is 0 Å². The number of aromatic nitrogens is 2. The minimum Gasteiger partial charge on any atom is -0.276 e. The highest BCUT2D eigenvalue weighted by Gasteiger charge is 2.28. The van der Waals surface area contributed by atoms with Gasteiger partial charge in [-0.3, -0.25) is 4.68 Å². The minimum atomic E-state index is 0.443. The molecule has 15 heavy (non-hydrogen) atoms. The molecule has 0 spiro atoms. The summed E-state index contributed by atoms with van der Waals surface area (Å²) in [5, 5.41) is 4.60. The van der Waals surface area contributed by atoms with Crippen molar-refractivity contribution >= 4 is 11.6 Å². The number of rotatable bonds is 6. The van der Waals surface area contributed by atoms with Gasteiger partial charge in [0.1, 0.15) is 0 Å². The molecule has 1 heterocycles. The van der Waals surface area contributed by atoms with Crippen molar-refractivity contribution in [3.63, 3.8) is 0 Å². The van der Waals surface area contributed by atoms with Crippen LogP contribution < -0.4 is 0 Å². The van der Waals surface area contributed by atoms with Crippen LogP contribution in [0.25, 0.3) is 0 Å². The Morgan fingerprint density at radius 2 is 2.33 bits per heavy atom. The number of hydrogen-bond donors (Lipinski definition) is 0. The van der Waals surface area contributed by atoms with Crippen molar-refractivity contribution in [2.45, 2.75) is 43.9 Å². The van der Waals surface area contributed by atoms with Crippen molar-refractivity contribution in [3.05, 3.63) is 18.0 Å². The normalized spacial score (nSPS) is 18.0. The third-order valence-corrected chi connectivity index (χ3v) is 3.66. The molecule has 0 amide bonds. The van der Waals surface area contributed by atoms with E-state index in [-0.39, 0.29) is 0 Å². The zero-order valence-electron chi connectivity index (χ0n) is 9.32. The smallest absolute Gasteiger partial charge is 0.0521 e. The molecular weight excluding hydrogens is 208 g/mol. The highest BCUT2D eigenvalue weighted by molar-refractivity contribution is 6.20. The fourth-order valence-electron chi connectivity index (χ4n) is 1.96. The SMILES string of the molecule is Cn1cc(CCCCC(Cl)C2CC2)cn1. The van der Waals surface area contributed by atoms with E-state index in [1.807, 2.05) is 17.9 Å². The van der Waals surface area contributed by atoms with Crippen LogP contribution in [0.4, 0.5) is 0 Å². The van der Waals surface area contributed by atoms with Crippen LogP contribution in [-0.4, -0.2) is 15.2 Å². The van der Waals surface area contributed by atoms with E-state index in [0.717, 1.165) is 12.3 Å². The summed E-state index contributed by atoms with van der Waals surface area (Å²) in [5.74, 6) is 0.838. The van der Waals surface area contributed by atoms with Crippen LogP contribution in [0.5, 0.6) is 0 Å². The monoisotopic (exact) mass is 226 g/mol. The maximum Gasteiger partial charge on any atom is 0.0521 e. The first-order chi connectivity index (χ1) is 7.25. The first-order valence-corrected chi connectivity index (χ1v) is 6.31. The van der Waals surface area contributed by atoms with Gasteiger partial charge in [0.15, 0.2) is 0 Å². The van der Waals surface area contributed by atoms with Gasteiger partial charge in [-0.25, -0.2) is 0 Å². The maximum absolute atomic E-state index is 6.25. The topological polar surface area (TPSA) is 17.8 Å². The lowest BCUT2D eigenvalue weighted by Crippen LogP contribution is -2.00. The second-order valence-electron chi connectivity index (χ2n) is 4.62. The molecule has 2 rings (SSSR count). The van der Waals surface area contributed by atoms with E-state index in [1.165, 1.54) is 37.7 Å². The van der Waals surface area contributed by atoms with Crippen molar-refractivity contribution in [1.29, 1.82) is 0 Å². The van der Waals surface area contributed by atoms with Gasteiger partial charge in [-0.1, -0.05) is 6.42 Å². The Kier molecular flexibility index (Phi) is 3.68. The first kappa shape index (κ1) is 11.0. The summed E-state index contributed by atoms with van der Waals surface area (Å²) in [6, 6.07) is 0. The molecule has 3 heteroatoms. The molecule has 1 atom stereocenters. The highest BCUT2D eigenvalue weighted by atomic mass is 35.5. The average molecular weight is 227 g/mol. The molecule has 1 aliphatic rings. The summed E-state index contributed by atoms with van der Waals surface area (Å²) in [5.41, 5.74) is 1.34. The van der Waals surface area contributed by atoms with Gasteiger partial charge in [0, 0.05) is 18.6 Å². The molecule has 1 saturated carbocycles. The molecule has 1 unspecified atom stereocenters. The van der Waals surface area contributed by atoms with Crippen molar-refractivity contribution in [1.82, 2.24) is 9.78 Å². The maximum atomic E-state index is 6.25. The summed E-state index contributed by atoms with van der Waals surface area (Å²) in [6.45, 7) is 0. The lowest BCUT2D eigenvalue weighted by Gasteiger charge is -2.06. The largest absolute Gasteiger partial charge is 0.276 e. The Bertz CT molecular complexity index is 304. The van der Waals surface area contributed by atoms with Crippen molar-refractivity contribution in [2.24, 2.45) is 13.0 Å². The number of hydrogen-bond acceptors (Lipinski definition) is 1. The van der Waals surface area contributed by atoms with Crippen molar-refractivity contribution < 1.29 is 0 Å². The summed E-state index contributed by atoms with van der Waals surface area (Å²) in [7, 11) is 1.96. The van der Waals surface area contributed by atoms with E-state index in [4.69, 9.17) is 11.6 Å². The highest BCUT2D eigenvalue weighted by Crippen LogP contribution is 2.37. The van der Waals surface area contributed by atoms with Gasteiger partial charge < -0.3 is 0 Å². The number of nitrogens with zero attached hydrogens (tertiary/aromatic N) is 2. The Labute approximate surface area is 96.6 Å². The predicted octanol–water partition coefficient (Wildman–Crippen LogP) is 3.15. The Morgan fingerprint density at radius 1 is 1.53 bits per heavy atom. The van der Waals surface area contributed by atoms with E-state index in [0.29, 0.717) is 5.38 Å². The Hall–Kier alpha value is -0.500. The van der Waals surface area contributed by atoms with Crippen LogP contribution in [-0.2, 0) is 13.5 Å². The molecule has 1 aromatic rings. The molecule has 84 valence electrons. The van der Waals surface area contributed by atoms with Crippen molar-refractivity contribution in [3.8, 4) is 0 Å². The summed E-state index contributed by atoms with van der Waals surface area (Å²) in [4.78, 5) is 0. The molecule has 0 aliphatic heterocycles. The molecule has 1 aromatic heterocycles. The van der Waals surface area contributed by atoms with Gasteiger partial charge >= 0.3 is 0 Å². The number of alkyl halides is 1. The van der Waals surface area contributed by atoms with Crippen LogP contribution in [0.2, 0.25) is 0 Å². The minimum absolute atomic E-state index is 0.443. The zero-order chi connectivity index (χ0) is 10.7. The van der Waals surface area contributed by atoms with Crippen LogP contribution in [0.1, 0.15) is 37.7 Å². The average Bonchev–Trinajstić information content (AvgIpc) is 2.98. The van der Waals surface area contributed by atoms with Crippen LogP contribution in [0, 0.1) is 5.92 Å². The molecule has 0 bridgehead atoms. The van der Waals surface area contributed by atoms with Gasteiger partial charge in [0.05, 0.1) is 6.20 Å². The van der Waals surface area contributed by atoms with E-state index in [9.17, 15) is 0 Å². The number of halogens is 1. The fourth-order valence-corrected chi connectivity index (χ4v) is 2.37. The van der Waals surface area contributed by atoms with E-state index < -0.39 is 0 Å². The molecule has 0 radical (unpaired) electrons. The van der Waals surface area contributed by atoms with Crippen LogP contribution in [0.3, 0.4) is 0 Å². The van der Waals surface area contributed by atoms with Crippen LogP contribution >= 0.6 is 11.6 Å². The Balaban J connectivity index is 1.58. The summed E-state index contributed by atoms with van der Waals surface area (Å²) >= 11 is 6.25. The third-order valence-electron chi connectivity index (χ3n) is 3.09. The second-order valence-corrected chi connectivity index (χ2v) is 5.18. The van der Waals surface area contributed by atoms with E-state index in [1.54, 1.807) is 0 Å². The van der Waals surface area contributed by atoms with E-state index in [2.05, 4.69) is 11.3 Å². The molecule has 0 saturated heterocycles. The van der Waals surface area contributed by atoms with Crippen LogP contribution in [0.15, 0.2) is 12.4 Å². The van der Waals surface area contributed by atoms with Gasteiger partial charge in [0.25, 0.3) is 0 Å². The molecule has 2 nitrogen and oxygen atoms in total. The lowest BCUT2D eigenvalue weighted by molar-refractivity contribution is 0.610. The molecule has 0 aromatic carbocycles. The van der Waals surface area contributed by atoms with Gasteiger partial charge in [-0.05, 0) is 43.6 Å². The number of unbranched alkanes of at least 4 members (excludes halogenated alkanes) is 1. The summed E-state index contributed by atoms with van der Waals surface area (Å²) < 4.78 is 1.86. The standard InChI is InChI=1S/C12H19ClN2/c1-15-9-10(8-14-15)4-2-3-5-12(13)11-6-7-11/h8-9,11-12H,2-7H2,1H3. The fraction of sp³-hybridized carbons (Fsp3) is 0.750. The number of aryl methyl sites for hydroxylation is 2.